The molecule has 1 unspecified atom stereocenters. The molecule has 0 fully saturated rings. The minimum Gasteiger partial charge on any atom is -0.306 e. The van der Waals surface area contributed by atoms with Gasteiger partial charge in [-0.15, -0.1) is 21.5 Å². The van der Waals surface area contributed by atoms with E-state index in [1.54, 1.807) is 13.0 Å². The topological polar surface area (TPSA) is 92.6 Å². The Kier molecular flexibility index (Phi) is 8.46. The van der Waals surface area contributed by atoms with Gasteiger partial charge in [-0.25, -0.2) is 19.7 Å². The predicted octanol–water partition coefficient (Wildman–Crippen LogP) is 4.35. The van der Waals surface area contributed by atoms with Crippen LogP contribution in [0.15, 0.2) is 47.6 Å². The highest BCUT2D eigenvalue weighted by molar-refractivity contribution is 7.11. The Morgan fingerprint density at radius 3 is 2.54 bits per heavy atom. The zero-order valence-corrected chi connectivity index (χ0v) is 19.8. The second-order valence-electron chi connectivity index (χ2n) is 6.98. The van der Waals surface area contributed by atoms with Crippen LogP contribution in [0.3, 0.4) is 0 Å². The van der Waals surface area contributed by atoms with Crippen LogP contribution in [-0.2, 0) is 22.6 Å². The molecule has 1 aliphatic rings. The van der Waals surface area contributed by atoms with Crippen LogP contribution >= 0.6 is 11.3 Å². The lowest BCUT2D eigenvalue weighted by molar-refractivity contribution is -0.220. The number of benzene rings is 1. The van der Waals surface area contributed by atoms with Crippen molar-refractivity contribution in [3.8, 4) is 0 Å². The number of aromatic nitrogens is 3. The van der Waals surface area contributed by atoms with E-state index in [4.69, 9.17) is 0 Å². The summed E-state index contributed by atoms with van der Waals surface area (Å²) in [6.07, 6.45) is -5.65. The Bertz CT molecular complexity index is 1180. The minimum atomic E-state index is -4.64. The number of hydrogen-bond acceptors (Lipinski definition) is 8. The van der Waals surface area contributed by atoms with Gasteiger partial charge in [-0.05, 0) is 37.3 Å². The molecule has 4 rings (SSSR count). The van der Waals surface area contributed by atoms with Gasteiger partial charge < -0.3 is 4.90 Å². The molecular formula is C22H22F4N6O2S. The lowest BCUT2D eigenvalue weighted by Crippen LogP contribution is -2.32. The summed E-state index contributed by atoms with van der Waals surface area (Å²) in [5.41, 5.74) is 3.17. The lowest BCUT2D eigenvalue weighted by atomic mass is 10.2. The summed E-state index contributed by atoms with van der Waals surface area (Å²) in [6, 6.07) is 8.60. The first-order valence-electron chi connectivity index (χ1n) is 10.6. The fourth-order valence-electron chi connectivity index (χ4n) is 2.98. The number of rotatable bonds is 6. The maximum Gasteiger partial charge on any atom is 0.437 e. The van der Waals surface area contributed by atoms with Gasteiger partial charge in [0, 0.05) is 17.4 Å². The van der Waals surface area contributed by atoms with Crippen molar-refractivity contribution in [3.63, 3.8) is 0 Å². The fourth-order valence-corrected chi connectivity index (χ4v) is 3.68. The third kappa shape index (κ3) is 6.79. The van der Waals surface area contributed by atoms with Gasteiger partial charge in [0.05, 0.1) is 18.7 Å². The number of alkyl halides is 3. The van der Waals surface area contributed by atoms with Crippen LogP contribution in [0.25, 0.3) is 0 Å². The van der Waals surface area contributed by atoms with E-state index in [9.17, 15) is 22.4 Å². The molecule has 0 aliphatic carbocycles. The van der Waals surface area contributed by atoms with Crippen molar-refractivity contribution in [3.05, 3.63) is 69.7 Å². The monoisotopic (exact) mass is 510 g/mol. The average molecular weight is 511 g/mol. The van der Waals surface area contributed by atoms with E-state index in [1.807, 2.05) is 13.8 Å². The molecule has 3 heterocycles. The van der Waals surface area contributed by atoms with Gasteiger partial charge in [0.2, 0.25) is 5.91 Å². The van der Waals surface area contributed by atoms with E-state index in [-0.39, 0.29) is 30.3 Å². The third-order valence-electron chi connectivity index (χ3n) is 4.50. The molecule has 0 spiro atoms. The summed E-state index contributed by atoms with van der Waals surface area (Å²) < 4.78 is 52.0. The normalized spacial score (nSPS) is 15.1. The van der Waals surface area contributed by atoms with Crippen molar-refractivity contribution in [2.45, 2.75) is 46.1 Å². The standard InChI is InChI=1S/C20H16F4N6O2S.C2H6/c1-11-27-28-16(33-11)8-17(31)30(15-4-2-3-13(21)7-15)10-14-6-5-12(9-25-14)18-26-19(32-29-18)20(22,23)24;1-2/h2-7,9,19H,8,10H2,1H3,(H,26,29);1-2H3. The maximum absolute atomic E-state index is 13.8. The molecule has 1 aromatic carbocycles. The van der Waals surface area contributed by atoms with Gasteiger partial charge in [0.15, 0.2) is 5.84 Å². The summed E-state index contributed by atoms with van der Waals surface area (Å²) >= 11 is 1.28. The molecule has 1 amide bonds. The molecule has 186 valence electrons. The van der Waals surface area contributed by atoms with E-state index < -0.39 is 18.2 Å². The summed E-state index contributed by atoms with van der Waals surface area (Å²) in [6.45, 7) is 5.77. The highest BCUT2D eigenvalue weighted by Gasteiger charge is 2.44. The molecule has 13 heteroatoms. The molecule has 35 heavy (non-hydrogen) atoms. The number of amides is 1. The molecule has 0 saturated carbocycles. The first-order valence-corrected chi connectivity index (χ1v) is 11.4. The van der Waals surface area contributed by atoms with Crippen LogP contribution in [-0.4, -0.2) is 39.3 Å². The van der Waals surface area contributed by atoms with E-state index in [2.05, 4.69) is 30.5 Å². The van der Waals surface area contributed by atoms with Gasteiger partial charge in [0.1, 0.15) is 15.8 Å². The van der Waals surface area contributed by atoms with Crippen molar-refractivity contribution in [2.75, 3.05) is 4.90 Å². The van der Waals surface area contributed by atoms with Crippen LogP contribution < -0.4 is 10.4 Å². The number of anilines is 1. The third-order valence-corrected chi connectivity index (χ3v) is 5.34. The number of halogens is 4. The zero-order chi connectivity index (χ0) is 25.6. The average Bonchev–Trinajstić information content (AvgIpc) is 3.48. The van der Waals surface area contributed by atoms with E-state index in [1.165, 1.54) is 52.8 Å². The first-order chi connectivity index (χ1) is 16.7. The van der Waals surface area contributed by atoms with Gasteiger partial charge >= 0.3 is 6.18 Å². The highest BCUT2D eigenvalue weighted by atomic mass is 32.1. The Hall–Kier alpha value is -3.45. The van der Waals surface area contributed by atoms with E-state index in [0.717, 1.165) is 0 Å². The number of hydrogen-bond donors (Lipinski definition) is 1. The number of carbonyl (C=O) groups excluding carboxylic acids is 1. The van der Waals surface area contributed by atoms with Crippen LogP contribution in [0.1, 0.15) is 35.1 Å². The van der Waals surface area contributed by atoms with Crippen LogP contribution in [0.2, 0.25) is 0 Å². The highest BCUT2D eigenvalue weighted by Crippen LogP contribution is 2.26. The molecule has 1 N–H and O–H groups in total. The number of aliphatic imine (C=N–C) groups is 1. The van der Waals surface area contributed by atoms with E-state index >= 15 is 0 Å². The molecule has 2 aromatic heterocycles. The molecular weight excluding hydrogens is 488 g/mol. The summed E-state index contributed by atoms with van der Waals surface area (Å²) in [7, 11) is 0. The molecule has 1 aliphatic heterocycles. The van der Waals surface area contributed by atoms with Crippen LogP contribution in [0.5, 0.6) is 0 Å². The number of hydroxylamine groups is 1. The van der Waals surface area contributed by atoms with Gasteiger partial charge in [-0.3, -0.25) is 9.78 Å². The van der Waals surface area contributed by atoms with Crippen molar-refractivity contribution < 1.29 is 27.2 Å². The van der Waals surface area contributed by atoms with Crippen molar-refractivity contribution in [2.24, 2.45) is 4.99 Å². The number of nitrogens with zero attached hydrogens (tertiary/aromatic N) is 5. The quantitative estimate of drug-likeness (QED) is 0.496. The van der Waals surface area contributed by atoms with Crippen molar-refractivity contribution >= 4 is 28.8 Å². The molecule has 3 aromatic rings. The molecule has 1 atom stereocenters. The number of nitrogens with one attached hydrogen (secondary N) is 1. The van der Waals surface area contributed by atoms with Gasteiger partial charge in [-0.2, -0.15) is 13.2 Å². The number of aryl methyl sites for hydroxylation is 1. The maximum atomic E-state index is 13.8. The molecule has 0 saturated heterocycles. The summed E-state index contributed by atoms with van der Waals surface area (Å²) in [5.74, 6) is -0.961. The minimum absolute atomic E-state index is 0.00192. The summed E-state index contributed by atoms with van der Waals surface area (Å²) in [4.78, 5) is 26.5. The van der Waals surface area contributed by atoms with E-state index in [0.29, 0.717) is 21.4 Å². The molecule has 0 bridgehead atoms. The Labute approximate surface area is 202 Å². The smallest absolute Gasteiger partial charge is 0.306 e. The largest absolute Gasteiger partial charge is 0.437 e. The molecule has 0 radical (unpaired) electrons. The number of amidine groups is 1. The Balaban J connectivity index is 0.00000167. The Morgan fingerprint density at radius 1 is 1.20 bits per heavy atom. The van der Waals surface area contributed by atoms with Gasteiger partial charge in [-0.1, -0.05) is 19.9 Å². The van der Waals surface area contributed by atoms with Gasteiger partial charge in [0.25, 0.3) is 6.23 Å². The van der Waals surface area contributed by atoms with Crippen molar-refractivity contribution in [1.82, 2.24) is 20.7 Å². The summed E-state index contributed by atoms with van der Waals surface area (Å²) in [5, 5.41) is 9.09. The lowest BCUT2D eigenvalue weighted by Gasteiger charge is -2.22. The predicted molar refractivity (Wildman–Crippen MR) is 122 cm³/mol. The SMILES string of the molecule is CC.Cc1nnc(CC(=O)N(Cc2ccc(C3=NC(C(F)(F)F)ON3)cn2)c2cccc(F)c2)s1. The number of pyridine rings is 1. The van der Waals surface area contributed by atoms with Crippen LogP contribution in [0.4, 0.5) is 23.2 Å². The zero-order valence-electron chi connectivity index (χ0n) is 19.0. The second kappa shape index (κ2) is 11.3. The van der Waals surface area contributed by atoms with Crippen molar-refractivity contribution in [1.29, 1.82) is 0 Å². The Morgan fingerprint density at radius 2 is 1.97 bits per heavy atom. The second-order valence-corrected chi connectivity index (χ2v) is 8.25. The molecule has 8 nitrogen and oxygen atoms in total. The number of carbonyl (C=O) groups is 1. The first kappa shape index (κ1) is 26.2. The van der Waals surface area contributed by atoms with Crippen LogP contribution in [0, 0.1) is 12.7 Å². The fraction of sp³-hybridized carbons (Fsp3) is 0.318.